The fourth-order valence-corrected chi connectivity index (χ4v) is 0.552. The predicted octanol–water partition coefficient (Wildman–Crippen LogP) is 0.572. The minimum atomic E-state index is -2.13. The molecule has 0 aliphatic heterocycles. The number of alkyl halides is 1. The van der Waals surface area contributed by atoms with E-state index in [4.69, 9.17) is 5.11 Å². The summed E-state index contributed by atoms with van der Waals surface area (Å²) >= 11 is 0. The number of rotatable bonds is 2. The van der Waals surface area contributed by atoms with Gasteiger partial charge in [-0.3, -0.25) is 0 Å². The molecule has 1 aromatic rings. The molecule has 1 aromatic heterocycles. The first-order valence-electron chi connectivity index (χ1n) is 2.85. The van der Waals surface area contributed by atoms with E-state index in [9.17, 15) is 9.18 Å². The Morgan fingerprint density at radius 1 is 1.55 bits per heavy atom. The molecule has 11 heavy (non-hydrogen) atoms. The monoisotopic (exact) mass is 156 g/mol. The molecule has 58 valence electrons. The largest absolute Gasteiger partial charge is 0.479 e. The molecule has 1 rings (SSSR count). The SMILES string of the molecule is O=C(O)C(F)c1ncccn1. The minimum absolute atomic E-state index is 0.319. The fourth-order valence-electron chi connectivity index (χ4n) is 0.552. The Balaban J connectivity index is 2.85. The molecule has 1 atom stereocenters. The van der Waals surface area contributed by atoms with Gasteiger partial charge in [0.1, 0.15) is 0 Å². The molecule has 0 radical (unpaired) electrons. The highest BCUT2D eigenvalue weighted by Gasteiger charge is 2.20. The van der Waals surface area contributed by atoms with Gasteiger partial charge in [0.15, 0.2) is 5.82 Å². The van der Waals surface area contributed by atoms with Gasteiger partial charge in [-0.05, 0) is 6.07 Å². The number of carboxylic acid groups (broad SMARTS) is 1. The van der Waals surface area contributed by atoms with Crippen molar-refractivity contribution in [2.24, 2.45) is 0 Å². The number of hydrogen-bond donors (Lipinski definition) is 1. The van der Waals surface area contributed by atoms with Gasteiger partial charge in [-0.2, -0.15) is 0 Å². The van der Waals surface area contributed by atoms with Crippen molar-refractivity contribution in [2.45, 2.75) is 6.17 Å². The molecule has 0 aliphatic carbocycles. The first-order chi connectivity index (χ1) is 5.22. The standard InChI is InChI=1S/C6H5FN2O2/c7-4(6(10)11)5-8-2-1-3-9-5/h1-4H,(H,10,11). The zero-order valence-electron chi connectivity index (χ0n) is 5.44. The van der Waals surface area contributed by atoms with Crippen LogP contribution in [0.5, 0.6) is 0 Å². The topological polar surface area (TPSA) is 63.1 Å². The lowest BCUT2D eigenvalue weighted by Crippen LogP contribution is -2.09. The number of halogens is 1. The van der Waals surface area contributed by atoms with E-state index in [0.717, 1.165) is 0 Å². The summed E-state index contributed by atoms with van der Waals surface area (Å²) in [7, 11) is 0. The van der Waals surface area contributed by atoms with Crippen LogP contribution in [0.4, 0.5) is 4.39 Å². The zero-order valence-corrected chi connectivity index (χ0v) is 5.44. The van der Waals surface area contributed by atoms with Crippen molar-refractivity contribution in [3.05, 3.63) is 24.3 Å². The van der Waals surface area contributed by atoms with E-state index in [1.165, 1.54) is 18.5 Å². The van der Waals surface area contributed by atoms with Crippen LogP contribution in [0.3, 0.4) is 0 Å². The Morgan fingerprint density at radius 2 is 2.09 bits per heavy atom. The molecule has 0 saturated carbocycles. The van der Waals surface area contributed by atoms with Gasteiger partial charge in [0.25, 0.3) is 6.17 Å². The van der Waals surface area contributed by atoms with Crippen LogP contribution in [0.1, 0.15) is 12.0 Å². The number of carbonyl (C=O) groups is 1. The lowest BCUT2D eigenvalue weighted by Gasteiger charge is -1.98. The molecule has 0 amide bonds. The maximum Gasteiger partial charge on any atom is 0.346 e. The highest BCUT2D eigenvalue weighted by Crippen LogP contribution is 2.10. The van der Waals surface area contributed by atoms with Crippen molar-refractivity contribution in [2.75, 3.05) is 0 Å². The Morgan fingerprint density at radius 3 is 2.55 bits per heavy atom. The summed E-state index contributed by atoms with van der Waals surface area (Å²) in [5.74, 6) is -1.89. The maximum atomic E-state index is 12.5. The van der Waals surface area contributed by atoms with E-state index in [0.29, 0.717) is 0 Å². The molecule has 0 saturated heterocycles. The molecule has 0 aromatic carbocycles. The van der Waals surface area contributed by atoms with Crippen LogP contribution in [0.25, 0.3) is 0 Å². The number of nitrogens with zero attached hydrogens (tertiary/aromatic N) is 2. The molecule has 5 heteroatoms. The lowest BCUT2D eigenvalue weighted by molar-refractivity contribution is -0.143. The van der Waals surface area contributed by atoms with Crippen LogP contribution < -0.4 is 0 Å². The Kier molecular flexibility index (Phi) is 2.10. The van der Waals surface area contributed by atoms with Crippen LogP contribution in [0, 0.1) is 0 Å². The van der Waals surface area contributed by atoms with Crippen LogP contribution in [-0.2, 0) is 4.79 Å². The van der Waals surface area contributed by atoms with E-state index in [-0.39, 0.29) is 5.82 Å². The second-order valence-corrected chi connectivity index (χ2v) is 1.81. The molecule has 1 unspecified atom stereocenters. The Bertz CT molecular complexity index is 252. The smallest absolute Gasteiger partial charge is 0.346 e. The first kappa shape index (κ1) is 7.59. The van der Waals surface area contributed by atoms with E-state index in [2.05, 4.69) is 9.97 Å². The summed E-state index contributed by atoms with van der Waals surface area (Å²) in [6, 6.07) is 1.48. The minimum Gasteiger partial charge on any atom is -0.479 e. The molecule has 0 aliphatic rings. The Labute approximate surface area is 61.7 Å². The van der Waals surface area contributed by atoms with Crippen molar-refractivity contribution < 1.29 is 14.3 Å². The average Bonchev–Trinajstić information content (AvgIpc) is 2.05. The highest BCUT2D eigenvalue weighted by molar-refractivity contribution is 5.72. The van der Waals surface area contributed by atoms with E-state index in [1.54, 1.807) is 0 Å². The van der Waals surface area contributed by atoms with Crippen molar-refractivity contribution in [3.63, 3.8) is 0 Å². The fraction of sp³-hybridized carbons (Fsp3) is 0.167. The number of hydrogen-bond acceptors (Lipinski definition) is 3. The number of carboxylic acids is 1. The Hall–Kier alpha value is -1.52. The summed E-state index contributed by atoms with van der Waals surface area (Å²) < 4.78 is 12.5. The number of aromatic nitrogens is 2. The summed E-state index contributed by atoms with van der Waals surface area (Å²) in [5.41, 5.74) is 0. The van der Waals surface area contributed by atoms with Gasteiger partial charge in [0.05, 0.1) is 0 Å². The molecule has 0 fully saturated rings. The molecule has 1 heterocycles. The van der Waals surface area contributed by atoms with E-state index in [1.807, 2.05) is 0 Å². The quantitative estimate of drug-likeness (QED) is 0.679. The molecular weight excluding hydrogens is 151 g/mol. The molecule has 1 N–H and O–H groups in total. The predicted molar refractivity (Wildman–Crippen MR) is 33.5 cm³/mol. The molecule has 4 nitrogen and oxygen atoms in total. The van der Waals surface area contributed by atoms with Gasteiger partial charge in [-0.25, -0.2) is 19.2 Å². The third-order valence-electron chi connectivity index (χ3n) is 1.03. The molecule has 0 spiro atoms. The van der Waals surface area contributed by atoms with Gasteiger partial charge in [0, 0.05) is 12.4 Å². The summed E-state index contributed by atoms with van der Waals surface area (Å²) in [4.78, 5) is 16.9. The zero-order chi connectivity index (χ0) is 8.27. The summed E-state index contributed by atoms with van der Waals surface area (Å²) in [5, 5.41) is 8.18. The van der Waals surface area contributed by atoms with Crippen molar-refractivity contribution >= 4 is 5.97 Å². The third-order valence-corrected chi connectivity index (χ3v) is 1.03. The van der Waals surface area contributed by atoms with E-state index >= 15 is 0 Å². The van der Waals surface area contributed by atoms with Crippen LogP contribution in [0.15, 0.2) is 18.5 Å². The average molecular weight is 156 g/mol. The van der Waals surface area contributed by atoms with Crippen molar-refractivity contribution in [1.29, 1.82) is 0 Å². The highest BCUT2D eigenvalue weighted by atomic mass is 19.1. The second-order valence-electron chi connectivity index (χ2n) is 1.81. The molecular formula is C6H5FN2O2. The maximum absolute atomic E-state index is 12.5. The lowest BCUT2D eigenvalue weighted by atomic mass is 10.3. The number of aliphatic carboxylic acids is 1. The van der Waals surface area contributed by atoms with Gasteiger partial charge in [-0.1, -0.05) is 0 Å². The van der Waals surface area contributed by atoms with Crippen LogP contribution in [0.2, 0.25) is 0 Å². The summed E-state index contributed by atoms with van der Waals surface area (Å²) in [6.45, 7) is 0. The van der Waals surface area contributed by atoms with E-state index < -0.39 is 12.1 Å². The van der Waals surface area contributed by atoms with Crippen molar-refractivity contribution in [1.82, 2.24) is 9.97 Å². The van der Waals surface area contributed by atoms with Gasteiger partial charge in [0.2, 0.25) is 0 Å². The summed E-state index contributed by atoms with van der Waals surface area (Å²) in [6.07, 6.45) is 0.451. The third kappa shape index (κ3) is 1.70. The van der Waals surface area contributed by atoms with Gasteiger partial charge < -0.3 is 5.11 Å². The van der Waals surface area contributed by atoms with Crippen LogP contribution >= 0.6 is 0 Å². The van der Waals surface area contributed by atoms with Crippen LogP contribution in [-0.4, -0.2) is 21.0 Å². The molecule has 0 bridgehead atoms. The van der Waals surface area contributed by atoms with Crippen molar-refractivity contribution in [3.8, 4) is 0 Å². The van der Waals surface area contributed by atoms with Gasteiger partial charge in [-0.15, -0.1) is 0 Å². The first-order valence-corrected chi connectivity index (χ1v) is 2.85. The normalized spacial score (nSPS) is 12.5. The van der Waals surface area contributed by atoms with Gasteiger partial charge >= 0.3 is 5.97 Å². The second kappa shape index (κ2) is 3.05.